The van der Waals surface area contributed by atoms with Crippen LogP contribution in [0.5, 0.6) is 0 Å². The summed E-state index contributed by atoms with van der Waals surface area (Å²) in [6, 6.07) is 17.9. The van der Waals surface area contributed by atoms with Crippen molar-refractivity contribution in [3.05, 3.63) is 114 Å². The van der Waals surface area contributed by atoms with Crippen LogP contribution in [0.25, 0.3) is 17.4 Å². The predicted molar refractivity (Wildman–Crippen MR) is 166 cm³/mol. The average Bonchev–Trinajstić information content (AvgIpc) is 3.60. The molecule has 8 nitrogen and oxygen atoms in total. The monoisotopic (exact) mass is 598 g/mol. The van der Waals surface area contributed by atoms with Crippen LogP contribution >= 0.6 is 11.3 Å². The maximum absolute atomic E-state index is 14.0. The molecular weight excluding hydrogens is 564 g/mol. The molecule has 3 heterocycles. The molecule has 1 aliphatic heterocycles. The van der Waals surface area contributed by atoms with Crippen LogP contribution in [0.3, 0.4) is 0 Å². The molecule has 0 fully saturated rings. The number of nitrogens with zero attached hydrogens (tertiary/aromatic N) is 2. The van der Waals surface area contributed by atoms with Crippen molar-refractivity contribution in [1.82, 2.24) is 4.57 Å². The van der Waals surface area contributed by atoms with Crippen molar-refractivity contribution in [2.45, 2.75) is 52.5 Å². The fourth-order valence-electron chi connectivity index (χ4n) is 5.10. The Morgan fingerprint density at radius 2 is 1.74 bits per heavy atom. The molecule has 1 atom stereocenters. The van der Waals surface area contributed by atoms with Crippen LogP contribution < -0.4 is 14.9 Å². The Balaban J connectivity index is 1.61. The number of benzene rings is 2. The van der Waals surface area contributed by atoms with Crippen LogP contribution in [-0.2, 0) is 14.3 Å². The molecule has 4 aromatic rings. The van der Waals surface area contributed by atoms with E-state index in [-0.39, 0.29) is 12.2 Å². The van der Waals surface area contributed by atoms with Crippen LogP contribution in [0, 0.1) is 0 Å². The molecule has 0 radical (unpaired) electrons. The quantitative estimate of drug-likeness (QED) is 0.228. The topological polar surface area (TPSA) is 100 Å². The zero-order chi connectivity index (χ0) is 30.7. The van der Waals surface area contributed by atoms with Crippen molar-refractivity contribution < 1.29 is 23.5 Å². The van der Waals surface area contributed by atoms with E-state index in [2.05, 4.69) is 13.8 Å². The van der Waals surface area contributed by atoms with Crippen molar-refractivity contribution in [2.75, 3.05) is 13.7 Å². The molecule has 2 aromatic heterocycles. The molecule has 9 heteroatoms. The van der Waals surface area contributed by atoms with Gasteiger partial charge in [-0.25, -0.2) is 14.6 Å². The molecule has 0 bridgehead atoms. The van der Waals surface area contributed by atoms with Gasteiger partial charge in [0.15, 0.2) is 4.80 Å². The highest BCUT2D eigenvalue weighted by molar-refractivity contribution is 7.07. The van der Waals surface area contributed by atoms with Gasteiger partial charge in [0.2, 0.25) is 0 Å². The first-order chi connectivity index (χ1) is 20.7. The molecule has 0 aliphatic carbocycles. The SMILES string of the molecule is CCCC1=C(C(=O)OCC)C(c2ccc(C(C)C)cc2)n2c(s/c(=C\c3ccc(-c4ccc(C(=O)OC)cc4)o3)c2=O)=N1. The zero-order valence-electron chi connectivity index (χ0n) is 24.9. The van der Waals surface area contributed by atoms with Gasteiger partial charge in [0.1, 0.15) is 11.5 Å². The fourth-order valence-corrected chi connectivity index (χ4v) is 6.10. The molecule has 2 aromatic carbocycles. The Labute approximate surface area is 253 Å². The highest BCUT2D eigenvalue weighted by atomic mass is 32.1. The lowest BCUT2D eigenvalue weighted by molar-refractivity contribution is -0.139. The number of carbonyl (C=O) groups excluding carboxylic acids is 2. The number of carbonyl (C=O) groups is 2. The van der Waals surface area contributed by atoms with Gasteiger partial charge in [-0.05, 0) is 54.7 Å². The first-order valence-corrected chi connectivity index (χ1v) is 15.2. The lowest BCUT2D eigenvalue weighted by atomic mass is 9.92. The summed E-state index contributed by atoms with van der Waals surface area (Å²) >= 11 is 1.26. The number of hydrogen-bond acceptors (Lipinski definition) is 8. The van der Waals surface area contributed by atoms with E-state index >= 15 is 0 Å². The Hall–Kier alpha value is -4.50. The summed E-state index contributed by atoms with van der Waals surface area (Å²) in [7, 11) is 1.34. The summed E-state index contributed by atoms with van der Waals surface area (Å²) in [5.74, 6) is 0.554. The number of methoxy groups -OCH3 is 1. The van der Waals surface area contributed by atoms with E-state index in [1.807, 2.05) is 37.3 Å². The lowest BCUT2D eigenvalue weighted by Gasteiger charge is -2.26. The third kappa shape index (κ3) is 6.03. The zero-order valence-corrected chi connectivity index (χ0v) is 25.7. The summed E-state index contributed by atoms with van der Waals surface area (Å²) in [6.07, 6.45) is 3.06. The first kappa shape index (κ1) is 30.0. The van der Waals surface area contributed by atoms with Gasteiger partial charge in [-0.2, -0.15) is 0 Å². The van der Waals surface area contributed by atoms with Gasteiger partial charge in [0.25, 0.3) is 5.56 Å². The second kappa shape index (κ2) is 12.8. The van der Waals surface area contributed by atoms with E-state index in [1.165, 1.54) is 24.0 Å². The normalized spacial score (nSPS) is 14.9. The van der Waals surface area contributed by atoms with Crippen molar-refractivity contribution in [3.63, 3.8) is 0 Å². The summed E-state index contributed by atoms with van der Waals surface area (Å²) < 4.78 is 18.3. The minimum Gasteiger partial charge on any atom is -0.465 e. The molecular formula is C34H34N2O6S. The molecule has 0 amide bonds. The van der Waals surface area contributed by atoms with Crippen LogP contribution in [0.2, 0.25) is 0 Å². The fraction of sp³-hybridized carbons (Fsp3) is 0.294. The number of allylic oxidation sites excluding steroid dienone is 1. The first-order valence-electron chi connectivity index (χ1n) is 14.4. The second-order valence-electron chi connectivity index (χ2n) is 10.5. The number of aromatic nitrogens is 1. The molecule has 0 N–H and O–H groups in total. The molecule has 5 rings (SSSR count). The van der Waals surface area contributed by atoms with Crippen LogP contribution in [-0.4, -0.2) is 30.2 Å². The Kier molecular flexibility index (Phi) is 8.92. The molecule has 43 heavy (non-hydrogen) atoms. The molecule has 0 spiro atoms. The van der Waals surface area contributed by atoms with Gasteiger partial charge in [-0.1, -0.05) is 74.9 Å². The summed E-state index contributed by atoms with van der Waals surface area (Å²) in [5.41, 5.74) is 3.98. The summed E-state index contributed by atoms with van der Waals surface area (Å²) in [4.78, 5) is 44.5. The third-order valence-electron chi connectivity index (χ3n) is 7.30. The number of esters is 2. The second-order valence-corrected chi connectivity index (χ2v) is 11.5. The summed E-state index contributed by atoms with van der Waals surface area (Å²) in [6.45, 7) is 8.27. The smallest absolute Gasteiger partial charge is 0.338 e. The molecule has 1 unspecified atom stereocenters. The number of thiazole rings is 1. The molecule has 222 valence electrons. The van der Waals surface area contributed by atoms with Gasteiger partial charge < -0.3 is 13.9 Å². The minimum absolute atomic E-state index is 0.220. The van der Waals surface area contributed by atoms with Gasteiger partial charge in [-0.3, -0.25) is 9.36 Å². The van der Waals surface area contributed by atoms with E-state index in [0.717, 1.165) is 17.5 Å². The number of furan rings is 1. The van der Waals surface area contributed by atoms with E-state index in [4.69, 9.17) is 18.9 Å². The molecule has 0 saturated heterocycles. The highest BCUT2D eigenvalue weighted by Gasteiger charge is 2.34. The predicted octanol–water partition coefficient (Wildman–Crippen LogP) is 5.75. The molecule has 1 aliphatic rings. The van der Waals surface area contributed by atoms with E-state index in [0.29, 0.717) is 50.0 Å². The lowest BCUT2D eigenvalue weighted by Crippen LogP contribution is -2.40. The largest absolute Gasteiger partial charge is 0.465 e. The van der Waals surface area contributed by atoms with Crippen LogP contribution in [0.1, 0.15) is 79.7 Å². The van der Waals surface area contributed by atoms with E-state index in [1.54, 1.807) is 47.9 Å². The molecule has 0 saturated carbocycles. The van der Waals surface area contributed by atoms with E-state index in [9.17, 15) is 14.4 Å². The number of rotatable bonds is 9. The third-order valence-corrected chi connectivity index (χ3v) is 8.28. The average molecular weight is 599 g/mol. The van der Waals surface area contributed by atoms with Gasteiger partial charge >= 0.3 is 11.9 Å². The number of ether oxygens (including phenoxy) is 2. The van der Waals surface area contributed by atoms with Gasteiger partial charge in [-0.15, -0.1) is 0 Å². The van der Waals surface area contributed by atoms with Crippen molar-refractivity contribution in [3.8, 4) is 11.3 Å². The van der Waals surface area contributed by atoms with Crippen molar-refractivity contribution in [1.29, 1.82) is 0 Å². The van der Waals surface area contributed by atoms with Crippen LogP contribution in [0.15, 0.2) is 86.1 Å². The van der Waals surface area contributed by atoms with Gasteiger partial charge in [0.05, 0.1) is 41.1 Å². The van der Waals surface area contributed by atoms with Crippen LogP contribution in [0.4, 0.5) is 0 Å². The maximum atomic E-state index is 14.0. The Morgan fingerprint density at radius 1 is 1.02 bits per heavy atom. The number of fused-ring (bicyclic) bond motifs is 1. The van der Waals surface area contributed by atoms with Gasteiger partial charge in [0, 0.05) is 11.6 Å². The van der Waals surface area contributed by atoms with Crippen molar-refractivity contribution >= 4 is 29.4 Å². The summed E-state index contributed by atoms with van der Waals surface area (Å²) in [5, 5.41) is 0. The van der Waals surface area contributed by atoms with E-state index < -0.39 is 18.0 Å². The Bertz CT molecular complexity index is 1860. The minimum atomic E-state index is -0.666. The van der Waals surface area contributed by atoms with Crippen molar-refractivity contribution in [2.24, 2.45) is 4.99 Å². The maximum Gasteiger partial charge on any atom is 0.338 e. The number of hydrogen-bond donors (Lipinski definition) is 0. The Morgan fingerprint density at radius 3 is 2.37 bits per heavy atom. The highest BCUT2D eigenvalue weighted by Crippen LogP contribution is 2.33. The standard InChI is InChI=1S/C34H34N2O6S/c1-6-8-26-29(33(39)41-7-2)30(23-13-9-21(10-14-23)20(3)4)36-31(37)28(43-34(36)35-26)19-25-17-18-27(42-25)22-11-15-24(16-12-22)32(38)40-5/h9-20,30H,6-8H2,1-5H3/b28-19-.